The molecule has 0 aromatic carbocycles. The van der Waals surface area contributed by atoms with Crippen molar-refractivity contribution in [2.75, 3.05) is 5.32 Å². The number of rotatable bonds is 7. The lowest BCUT2D eigenvalue weighted by atomic mass is 10.1. The van der Waals surface area contributed by atoms with Crippen LogP contribution in [0, 0.1) is 0 Å². The van der Waals surface area contributed by atoms with E-state index in [0.717, 1.165) is 4.88 Å². The number of carbonyl (C=O) groups excluding carboxylic acids is 2. The van der Waals surface area contributed by atoms with E-state index in [-0.39, 0.29) is 18.8 Å². The Morgan fingerprint density at radius 1 is 1.32 bits per heavy atom. The van der Waals surface area contributed by atoms with Gasteiger partial charge in [0, 0.05) is 17.5 Å². The fourth-order valence-electron chi connectivity index (χ4n) is 1.79. The van der Waals surface area contributed by atoms with Crippen molar-refractivity contribution in [2.45, 2.75) is 65.0 Å². The summed E-state index contributed by atoms with van der Waals surface area (Å²) in [6.07, 6.45) is 0.588. The molecule has 0 aliphatic carbocycles. The summed E-state index contributed by atoms with van der Waals surface area (Å²) in [6.45, 7) is 9.11. The van der Waals surface area contributed by atoms with Gasteiger partial charge in [-0.15, -0.1) is 11.3 Å². The molecule has 8 nitrogen and oxygen atoms in total. The molecule has 0 saturated heterocycles. The average molecular weight is 371 g/mol. The topological polar surface area (TPSA) is 118 Å². The van der Waals surface area contributed by atoms with Crippen LogP contribution in [0.15, 0.2) is 6.20 Å². The van der Waals surface area contributed by atoms with Crippen molar-refractivity contribution in [3.63, 3.8) is 0 Å². The van der Waals surface area contributed by atoms with Crippen molar-refractivity contribution in [1.82, 2.24) is 10.3 Å². The normalized spacial score (nSPS) is 12.6. The van der Waals surface area contributed by atoms with Crippen LogP contribution in [0.25, 0.3) is 0 Å². The number of carboxylic acids is 1. The minimum atomic E-state index is -1.06. The van der Waals surface area contributed by atoms with Crippen molar-refractivity contribution in [2.24, 2.45) is 0 Å². The number of carbonyl (C=O) groups is 3. The Morgan fingerprint density at radius 2 is 1.96 bits per heavy atom. The first-order valence-electron chi connectivity index (χ1n) is 7.96. The lowest BCUT2D eigenvalue weighted by Gasteiger charge is -2.22. The van der Waals surface area contributed by atoms with Crippen LogP contribution in [-0.4, -0.2) is 39.7 Å². The number of hydrogen-bond donors (Lipinski definition) is 3. The molecule has 0 radical (unpaired) electrons. The van der Waals surface area contributed by atoms with E-state index in [1.807, 2.05) is 13.8 Å². The lowest BCUT2D eigenvalue weighted by molar-refractivity contribution is -0.137. The molecule has 1 aromatic rings. The van der Waals surface area contributed by atoms with E-state index < -0.39 is 29.6 Å². The number of ether oxygens (including phenoxy) is 1. The Labute approximate surface area is 151 Å². The van der Waals surface area contributed by atoms with Crippen molar-refractivity contribution in [1.29, 1.82) is 0 Å². The molecule has 140 valence electrons. The van der Waals surface area contributed by atoms with Gasteiger partial charge < -0.3 is 20.5 Å². The van der Waals surface area contributed by atoms with Gasteiger partial charge in [0.15, 0.2) is 5.13 Å². The number of aromatic nitrogens is 1. The predicted octanol–water partition coefficient (Wildman–Crippen LogP) is 2.96. The first-order chi connectivity index (χ1) is 11.5. The Morgan fingerprint density at radius 3 is 2.44 bits per heavy atom. The molecule has 1 aromatic heterocycles. The number of nitrogens with zero attached hydrogens (tertiary/aromatic N) is 1. The number of aliphatic carboxylic acids is 1. The van der Waals surface area contributed by atoms with Crippen molar-refractivity contribution in [3.05, 3.63) is 11.1 Å². The number of carboxylic acid groups (broad SMARTS) is 1. The number of hydrogen-bond acceptors (Lipinski definition) is 6. The molecule has 0 saturated carbocycles. The standard InChI is InChI=1S/C16H25N3O5S/c1-9(2)11-8-17-14(25-11)19-13(22)10(6-7-12(20)21)18-15(23)24-16(3,4)5/h8-10H,6-7H2,1-5H3,(H,18,23)(H,20,21)(H,17,19,22)/t10-/m0/s1. The highest BCUT2D eigenvalue weighted by Crippen LogP contribution is 2.25. The molecule has 9 heteroatoms. The summed E-state index contributed by atoms with van der Waals surface area (Å²) in [7, 11) is 0. The lowest BCUT2D eigenvalue weighted by Crippen LogP contribution is -2.46. The fraction of sp³-hybridized carbons (Fsp3) is 0.625. The zero-order valence-corrected chi connectivity index (χ0v) is 15.9. The number of amides is 2. The summed E-state index contributed by atoms with van der Waals surface area (Å²) in [4.78, 5) is 40.2. The second kappa shape index (κ2) is 8.80. The average Bonchev–Trinajstić information content (AvgIpc) is 2.89. The van der Waals surface area contributed by atoms with Gasteiger partial charge in [-0.05, 0) is 33.1 Å². The minimum absolute atomic E-state index is 0.0528. The maximum atomic E-state index is 12.4. The number of thiazole rings is 1. The highest BCUT2D eigenvalue weighted by atomic mass is 32.1. The van der Waals surface area contributed by atoms with Crippen LogP contribution >= 0.6 is 11.3 Å². The maximum Gasteiger partial charge on any atom is 0.408 e. The van der Waals surface area contributed by atoms with Gasteiger partial charge >= 0.3 is 12.1 Å². The van der Waals surface area contributed by atoms with Crippen LogP contribution in [0.1, 0.15) is 58.3 Å². The quantitative estimate of drug-likeness (QED) is 0.678. The Kier molecular flexibility index (Phi) is 7.35. The summed E-state index contributed by atoms with van der Waals surface area (Å²) < 4.78 is 5.12. The van der Waals surface area contributed by atoms with E-state index in [2.05, 4.69) is 15.6 Å². The third-order valence-corrected chi connectivity index (χ3v) is 4.19. The molecule has 1 heterocycles. The Bertz CT molecular complexity index is 622. The number of nitrogens with one attached hydrogen (secondary N) is 2. The molecule has 3 N–H and O–H groups in total. The zero-order chi connectivity index (χ0) is 19.2. The first-order valence-corrected chi connectivity index (χ1v) is 8.77. The van der Waals surface area contributed by atoms with E-state index in [0.29, 0.717) is 5.13 Å². The molecular weight excluding hydrogens is 346 g/mol. The van der Waals surface area contributed by atoms with Crippen LogP contribution in [0.4, 0.5) is 9.93 Å². The molecule has 0 unspecified atom stereocenters. The van der Waals surface area contributed by atoms with Crippen molar-refractivity contribution >= 4 is 34.4 Å². The van der Waals surface area contributed by atoms with Gasteiger partial charge in [0.25, 0.3) is 0 Å². The molecular formula is C16H25N3O5S. The fourth-order valence-corrected chi connectivity index (χ4v) is 2.61. The summed E-state index contributed by atoms with van der Waals surface area (Å²) in [5, 5.41) is 14.3. The van der Waals surface area contributed by atoms with E-state index in [9.17, 15) is 14.4 Å². The molecule has 0 fully saturated rings. The van der Waals surface area contributed by atoms with Gasteiger partial charge in [-0.2, -0.15) is 0 Å². The predicted molar refractivity (Wildman–Crippen MR) is 94.9 cm³/mol. The third-order valence-electron chi connectivity index (χ3n) is 2.98. The minimum Gasteiger partial charge on any atom is -0.481 e. The number of anilines is 1. The van der Waals surface area contributed by atoms with E-state index in [1.54, 1.807) is 27.0 Å². The molecule has 2 amide bonds. The molecule has 1 atom stereocenters. The summed E-state index contributed by atoms with van der Waals surface area (Å²) in [5.74, 6) is -1.30. The molecule has 25 heavy (non-hydrogen) atoms. The van der Waals surface area contributed by atoms with E-state index >= 15 is 0 Å². The third kappa shape index (κ3) is 7.97. The van der Waals surface area contributed by atoms with Gasteiger partial charge in [0.05, 0.1) is 0 Å². The summed E-state index contributed by atoms with van der Waals surface area (Å²) >= 11 is 1.34. The Balaban J connectivity index is 2.77. The SMILES string of the molecule is CC(C)c1cnc(NC(=O)[C@H](CCC(=O)O)NC(=O)OC(C)(C)C)s1. The summed E-state index contributed by atoms with van der Waals surface area (Å²) in [5.41, 5.74) is -0.723. The smallest absolute Gasteiger partial charge is 0.408 e. The molecule has 0 aliphatic rings. The molecule has 0 spiro atoms. The van der Waals surface area contributed by atoms with Gasteiger partial charge in [-0.25, -0.2) is 9.78 Å². The zero-order valence-electron chi connectivity index (χ0n) is 15.1. The highest BCUT2D eigenvalue weighted by Gasteiger charge is 2.25. The van der Waals surface area contributed by atoms with Crippen LogP contribution in [-0.2, 0) is 14.3 Å². The van der Waals surface area contributed by atoms with Crippen LogP contribution in [0.5, 0.6) is 0 Å². The Hall–Kier alpha value is -2.16. The molecule has 1 rings (SSSR count). The molecule has 0 aliphatic heterocycles. The van der Waals surface area contributed by atoms with Gasteiger partial charge in [0.1, 0.15) is 11.6 Å². The monoisotopic (exact) mass is 371 g/mol. The van der Waals surface area contributed by atoms with Crippen molar-refractivity contribution < 1.29 is 24.2 Å². The second-order valence-electron chi connectivity index (χ2n) is 6.84. The van der Waals surface area contributed by atoms with Crippen LogP contribution in [0.3, 0.4) is 0 Å². The van der Waals surface area contributed by atoms with Crippen LogP contribution in [0.2, 0.25) is 0 Å². The largest absolute Gasteiger partial charge is 0.481 e. The van der Waals surface area contributed by atoms with E-state index in [1.165, 1.54) is 11.3 Å². The first kappa shape index (κ1) is 20.9. The van der Waals surface area contributed by atoms with Gasteiger partial charge in [0.2, 0.25) is 5.91 Å². The van der Waals surface area contributed by atoms with Gasteiger partial charge in [-0.3, -0.25) is 9.59 Å². The number of alkyl carbamates (subject to hydrolysis) is 1. The molecule has 0 bridgehead atoms. The van der Waals surface area contributed by atoms with Crippen molar-refractivity contribution in [3.8, 4) is 0 Å². The van der Waals surface area contributed by atoms with Crippen LogP contribution < -0.4 is 10.6 Å². The summed E-state index contributed by atoms with van der Waals surface area (Å²) in [6, 6.07) is -1.03. The van der Waals surface area contributed by atoms with Gasteiger partial charge in [-0.1, -0.05) is 13.8 Å². The van der Waals surface area contributed by atoms with E-state index in [4.69, 9.17) is 9.84 Å². The second-order valence-corrected chi connectivity index (χ2v) is 7.91. The maximum absolute atomic E-state index is 12.4. The highest BCUT2D eigenvalue weighted by molar-refractivity contribution is 7.15.